The molecule has 2 aliphatic heterocycles. The van der Waals surface area contributed by atoms with Gasteiger partial charge in [-0.2, -0.15) is 0 Å². The number of likely N-dealkylation sites (tertiary alicyclic amines) is 1. The summed E-state index contributed by atoms with van der Waals surface area (Å²) in [6, 6.07) is 0. The van der Waals surface area contributed by atoms with E-state index in [1.807, 2.05) is 4.90 Å². The summed E-state index contributed by atoms with van der Waals surface area (Å²) in [5, 5.41) is 3.38. The lowest BCUT2D eigenvalue weighted by Crippen LogP contribution is -2.61. The molecule has 1 amide bonds. The van der Waals surface area contributed by atoms with E-state index < -0.39 is 0 Å². The number of piperidine rings is 1. The summed E-state index contributed by atoms with van der Waals surface area (Å²) in [4.78, 5) is 12.2. The number of nitrogens with zero attached hydrogens (tertiary/aromatic N) is 1. The van der Waals surface area contributed by atoms with E-state index in [9.17, 15) is 4.79 Å². The molecule has 0 aromatic rings. The summed E-state index contributed by atoms with van der Waals surface area (Å²) in [7, 11) is 0. The van der Waals surface area contributed by atoms with Crippen LogP contribution in [0.15, 0.2) is 0 Å². The van der Waals surface area contributed by atoms with Crippen LogP contribution in [-0.2, 0) is 4.79 Å². The van der Waals surface area contributed by atoms with Crippen LogP contribution >= 0.6 is 0 Å². The Balaban J connectivity index is 1.88. The molecule has 3 nitrogen and oxygen atoms in total. The summed E-state index contributed by atoms with van der Waals surface area (Å²) in [6.07, 6.45) is 3.52. The lowest BCUT2D eigenvalue weighted by molar-refractivity contribution is -0.130. The van der Waals surface area contributed by atoms with E-state index in [-0.39, 0.29) is 0 Å². The molecule has 0 saturated carbocycles. The maximum atomic E-state index is 10.3. The third kappa shape index (κ3) is 1.13. The Hall–Kier alpha value is -0.570. The second-order valence-corrected chi connectivity index (χ2v) is 3.79. The zero-order chi connectivity index (χ0) is 7.73. The highest BCUT2D eigenvalue weighted by atomic mass is 16.1. The van der Waals surface area contributed by atoms with Crippen LogP contribution < -0.4 is 5.32 Å². The number of hydrogen-bond donors (Lipinski definition) is 1. The quantitative estimate of drug-likeness (QED) is 0.532. The van der Waals surface area contributed by atoms with Crippen LogP contribution in [0.4, 0.5) is 0 Å². The molecule has 2 fully saturated rings. The van der Waals surface area contributed by atoms with Crippen molar-refractivity contribution in [2.24, 2.45) is 5.41 Å². The highest BCUT2D eigenvalue weighted by Crippen LogP contribution is 2.35. The molecule has 0 atom stereocenters. The number of carbonyl (C=O) groups excluding carboxylic acids is 1. The number of carbonyl (C=O) groups is 1. The Bertz CT molecular complexity index is 155. The van der Waals surface area contributed by atoms with E-state index >= 15 is 0 Å². The Morgan fingerprint density at radius 1 is 1.45 bits per heavy atom. The molecule has 1 N–H and O–H groups in total. The second-order valence-electron chi connectivity index (χ2n) is 3.79. The minimum Gasteiger partial charge on any atom is -0.344 e. The van der Waals surface area contributed by atoms with Crippen LogP contribution in [0.2, 0.25) is 0 Å². The summed E-state index contributed by atoms with van der Waals surface area (Å²) in [6.45, 7) is 4.22. The third-order valence-electron chi connectivity index (χ3n) is 2.79. The first-order valence-electron chi connectivity index (χ1n) is 4.25. The molecular formula is C8H14N2O. The number of amides is 1. The first-order valence-corrected chi connectivity index (χ1v) is 4.25. The molecule has 0 aromatic carbocycles. The van der Waals surface area contributed by atoms with Crippen LogP contribution in [0.5, 0.6) is 0 Å². The Labute approximate surface area is 66.8 Å². The predicted molar refractivity (Wildman–Crippen MR) is 42.2 cm³/mol. The van der Waals surface area contributed by atoms with Gasteiger partial charge >= 0.3 is 0 Å². The summed E-state index contributed by atoms with van der Waals surface area (Å²) >= 11 is 0. The lowest BCUT2D eigenvalue weighted by Gasteiger charge is -2.50. The van der Waals surface area contributed by atoms with Gasteiger partial charge in [0.2, 0.25) is 6.41 Å². The van der Waals surface area contributed by atoms with Crippen LogP contribution in [0.1, 0.15) is 12.8 Å². The molecule has 62 valence electrons. The van der Waals surface area contributed by atoms with Gasteiger partial charge in [0.15, 0.2) is 0 Å². The van der Waals surface area contributed by atoms with Crippen molar-refractivity contribution >= 4 is 6.41 Å². The SMILES string of the molecule is O=CN1CC2(CCCNC2)C1. The van der Waals surface area contributed by atoms with Crippen LogP contribution in [0, 0.1) is 5.41 Å². The molecular weight excluding hydrogens is 140 g/mol. The fraction of sp³-hybridized carbons (Fsp3) is 0.875. The molecule has 2 aliphatic rings. The average molecular weight is 154 g/mol. The largest absolute Gasteiger partial charge is 0.344 e. The Kier molecular flexibility index (Phi) is 1.60. The van der Waals surface area contributed by atoms with Crippen LogP contribution in [0.25, 0.3) is 0 Å². The van der Waals surface area contributed by atoms with Gasteiger partial charge in [-0.15, -0.1) is 0 Å². The first kappa shape index (κ1) is 7.10. The monoisotopic (exact) mass is 154 g/mol. The van der Waals surface area contributed by atoms with Crippen molar-refractivity contribution in [3.63, 3.8) is 0 Å². The highest BCUT2D eigenvalue weighted by Gasteiger charge is 2.42. The van der Waals surface area contributed by atoms with E-state index in [2.05, 4.69) is 5.32 Å². The lowest BCUT2D eigenvalue weighted by atomic mass is 9.74. The molecule has 1 spiro atoms. The van der Waals surface area contributed by atoms with Gasteiger partial charge in [-0.1, -0.05) is 0 Å². The first-order chi connectivity index (χ1) is 5.35. The molecule has 0 aliphatic carbocycles. The minimum absolute atomic E-state index is 0.458. The smallest absolute Gasteiger partial charge is 0.209 e. The van der Waals surface area contributed by atoms with Gasteiger partial charge in [0, 0.05) is 25.0 Å². The number of nitrogens with one attached hydrogen (secondary N) is 1. The van der Waals surface area contributed by atoms with Crippen molar-refractivity contribution in [1.82, 2.24) is 10.2 Å². The van der Waals surface area contributed by atoms with Crippen LogP contribution in [-0.4, -0.2) is 37.5 Å². The van der Waals surface area contributed by atoms with Gasteiger partial charge < -0.3 is 10.2 Å². The van der Waals surface area contributed by atoms with Gasteiger partial charge in [-0.25, -0.2) is 0 Å². The van der Waals surface area contributed by atoms with E-state index in [1.54, 1.807) is 0 Å². The summed E-state index contributed by atoms with van der Waals surface area (Å²) < 4.78 is 0. The maximum Gasteiger partial charge on any atom is 0.209 e. The molecule has 2 saturated heterocycles. The van der Waals surface area contributed by atoms with E-state index in [0.717, 1.165) is 32.6 Å². The molecule has 0 bridgehead atoms. The van der Waals surface area contributed by atoms with E-state index in [0.29, 0.717) is 5.41 Å². The van der Waals surface area contributed by atoms with Crippen molar-refractivity contribution in [1.29, 1.82) is 0 Å². The van der Waals surface area contributed by atoms with Crippen molar-refractivity contribution in [3.05, 3.63) is 0 Å². The van der Waals surface area contributed by atoms with E-state index in [1.165, 1.54) is 12.8 Å². The topological polar surface area (TPSA) is 32.3 Å². The fourth-order valence-corrected chi connectivity index (χ4v) is 2.19. The van der Waals surface area contributed by atoms with Gasteiger partial charge in [0.1, 0.15) is 0 Å². The second kappa shape index (κ2) is 2.48. The van der Waals surface area contributed by atoms with Gasteiger partial charge in [-0.05, 0) is 19.4 Å². The Morgan fingerprint density at radius 3 is 2.82 bits per heavy atom. The van der Waals surface area contributed by atoms with Gasteiger partial charge in [0.05, 0.1) is 0 Å². The number of rotatable bonds is 1. The van der Waals surface area contributed by atoms with Crippen molar-refractivity contribution in [2.75, 3.05) is 26.2 Å². The van der Waals surface area contributed by atoms with Crippen molar-refractivity contribution in [3.8, 4) is 0 Å². The molecule has 0 aromatic heterocycles. The predicted octanol–water partition coefficient (Wildman–Crippen LogP) is -0.172. The van der Waals surface area contributed by atoms with Gasteiger partial charge in [-0.3, -0.25) is 4.79 Å². The molecule has 0 unspecified atom stereocenters. The van der Waals surface area contributed by atoms with Gasteiger partial charge in [0.25, 0.3) is 0 Å². The molecule has 2 rings (SSSR count). The molecule has 3 heteroatoms. The summed E-state index contributed by atoms with van der Waals surface area (Å²) in [5.74, 6) is 0. The third-order valence-corrected chi connectivity index (χ3v) is 2.79. The minimum atomic E-state index is 0.458. The fourth-order valence-electron chi connectivity index (χ4n) is 2.19. The average Bonchev–Trinajstić information content (AvgIpc) is 2.01. The zero-order valence-electron chi connectivity index (χ0n) is 6.68. The molecule has 11 heavy (non-hydrogen) atoms. The molecule has 2 heterocycles. The maximum absolute atomic E-state index is 10.3. The number of hydrogen-bond acceptors (Lipinski definition) is 2. The zero-order valence-corrected chi connectivity index (χ0v) is 6.68. The Morgan fingerprint density at radius 2 is 2.27 bits per heavy atom. The normalized spacial score (nSPS) is 28.2. The van der Waals surface area contributed by atoms with Crippen molar-refractivity contribution in [2.45, 2.75) is 12.8 Å². The summed E-state index contributed by atoms with van der Waals surface area (Å²) in [5.41, 5.74) is 0.458. The standard InChI is InChI=1S/C8H14N2O/c11-7-10-5-8(6-10)2-1-3-9-4-8/h7,9H,1-6H2. The van der Waals surface area contributed by atoms with E-state index in [4.69, 9.17) is 0 Å². The molecule has 0 radical (unpaired) electrons. The van der Waals surface area contributed by atoms with Crippen LogP contribution in [0.3, 0.4) is 0 Å². The highest BCUT2D eigenvalue weighted by molar-refractivity contribution is 5.49. The van der Waals surface area contributed by atoms with Crippen molar-refractivity contribution < 1.29 is 4.79 Å².